The van der Waals surface area contributed by atoms with Crippen molar-refractivity contribution in [2.45, 2.75) is 55.7 Å². The Bertz CT molecular complexity index is 2410. The number of benzene rings is 2. The van der Waals surface area contributed by atoms with Gasteiger partial charge >= 0.3 is 7.82 Å². The van der Waals surface area contributed by atoms with Crippen molar-refractivity contribution in [3.8, 4) is 0 Å². The predicted molar refractivity (Wildman–Crippen MR) is 182 cm³/mol. The summed E-state index contributed by atoms with van der Waals surface area (Å²) in [5.74, 6) is 0.138. The fourth-order valence-electron chi connectivity index (χ4n) is 6.47. The number of aromatic nitrogens is 8. The highest BCUT2D eigenvalue weighted by atomic mass is 31.2. The summed E-state index contributed by atoms with van der Waals surface area (Å²) in [5, 5.41) is 36.7. The van der Waals surface area contributed by atoms with Gasteiger partial charge in [0.25, 0.3) is 5.56 Å². The van der Waals surface area contributed by atoms with E-state index in [1.54, 1.807) is 0 Å². The lowest BCUT2D eigenvalue weighted by molar-refractivity contribution is -0.0585. The van der Waals surface area contributed by atoms with Gasteiger partial charge in [0.05, 0.1) is 25.9 Å². The van der Waals surface area contributed by atoms with Crippen molar-refractivity contribution in [3.63, 3.8) is 0 Å². The van der Waals surface area contributed by atoms with E-state index in [9.17, 15) is 29.6 Å². The van der Waals surface area contributed by atoms with Crippen LogP contribution in [-0.2, 0) is 29.6 Å². The molecule has 8 rings (SSSR count). The zero-order chi connectivity index (χ0) is 37.0. The number of fused-ring (bicyclic) bond motifs is 3. The van der Waals surface area contributed by atoms with Crippen molar-refractivity contribution < 1.29 is 47.7 Å². The van der Waals surface area contributed by atoms with Gasteiger partial charge in [0, 0.05) is 6.54 Å². The maximum atomic E-state index is 16.1. The molecule has 4 aromatic heterocycles. The summed E-state index contributed by atoms with van der Waals surface area (Å²) < 4.78 is 53.2. The first-order valence-corrected chi connectivity index (χ1v) is 17.7. The zero-order valence-corrected chi connectivity index (χ0v) is 28.2. The number of imidazole rings is 2. The molecular weight excluding hydrogens is 722 g/mol. The molecule has 0 amide bonds. The van der Waals surface area contributed by atoms with Crippen LogP contribution in [0.25, 0.3) is 33.1 Å². The number of alkyl halides is 1. The zero-order valence-electron chi connectivity index (χ0n) is 27.3. The van der Waals surface area contributed by atoms with Gasteiger partial charge in [-0.25, -0.2) is 28.9 Å². The number of nitrogens with one attached hydrogen (secondary N) is 2. The third-order valence-electron chi connectivity index (χ3n) is 9.07. The van der Waals surface area contributed by atoms with Gasteiger partial charge in [-0.15, -0.1) is 0 Å². The van der Waals surface area contributed by atoms with Crippen molar-refractivity contribution in [1.29, 1.82) is 0 Å². The normalized spacial score (nSPS) is 27.2. The molecule has 0 radical (unpaired) electrons. The third kappa shape index (κ3) is 6.51. The fourth-order valence-corrected chi connectivity index (χ4v) is 7.43. The lowest BCUT2D eigenvalue weighted by Gasteiger charge is -2.22. The Morgan fingerprint density at radius 2 is 1.70 bits per heavy atom. The smallest absolute Gasteiger partial charge is 0.394 e. The summed E-state index contributed by atoms with van der Waals surface area (Å²) in [4.78, 5) is 45.8. The minimum Gasteiger partial charge on any atom is -0.394 e. The average Bonchev–Trinajstić information content (AvgIpc) is 3.91. The van der Waals surface area contributed by atoms with Gasteiger partial charge in [-0.05, 0) is 22.4 Å². The number of hydrogen-bond donors (Lipinski definition) is 7. The predicted octanol–water partition coefficient (Wildman–Crippen LogP) is 0.656. The number of nitrogen functional groups attached to an aromatic ring is 1. The molecule has 22 heteroatoms. The Hall–Kier alpha value is -4.96. The van der Waals surface area contributed by atoms with Crippen LogP contribution in [0.15, 0.2) is 66.2 Å². The molecule has 6 heterocycles. The molecular formula is C31H32FN10O10P. The number of aromatic amines is 1. The molecule has 9 unspecified atom stereocenters. The Morgan fingerprint density at radius 1 is 0.962 bits per heavy atom. The van der Waals surface area contributed by atoms with Crippen molar-refractivity contribution in [3.05, 3.63) is 77.4 Å². The van der Waals surface area contributed by atoms with Crippen LogP contribution in [0.3, 0.4) is 0 Å². The van der Waals surface area contributed by atoms with Crippen LogP contribution >= 0.6 is 7.82 Å². The van der Waals surface area contributed by atoms with E-state index in [0.717, 1.165) is 27.2 Å². The number of phosphoric acid groups is 1. The monoisotopic (exact) mass is 754 g/mol. The number of ether oxygens (including phenoxy) is 2. The van der Waals surface area contributed by atoms with E-state index in [2.05, 4.69) is 35.2 Å². The van der Waals surface area contributed by atoms with E-state index in [1.807, 2.05) is 42.5 Å². The number of aliphatic hydroxyl groups is 3. The first-order chi connectivity index (χ1) is 25.5. The van der Waals surface area contributed by atoms with Gasteiger partial charge in [0.2, 0.25) is 5.95 Å². The Morgan fingerprint density at radius 3 is 2.49 bits per heavy atom. The molecule has 6 aromatic rings. The number of rotatable bonds is 11. The Balaban J connectivity index is 0.935. The minimum absolute atomic E-state index is 0.0503. The topological polar surface area (TPSA) is 280 Å². The molecule has 2 aliphatic rings. The molecule has 0 bridgehead atoms. The molecule has 2 fully saturated rings. The standard InChI is InChI=1S/C31H32FN10O10P/c32-19-24(52-53(47,48)49-10-18-22(44)23(45)30(51-18)42-13-38-21-27(42)39-31(33)40-28(21)46)17(9-43)50-29(19)41-12-37-20-25(35-11-36-26(20)41)34-8-14-5-6-15-3-1-2-4-16(15)7-14/h1-7,11-13,17-19,22-24,29-30,43-45H,8-10H2,(H,47,48)(H,34,35,36)(H3,33,39,40,46). The van der Waals surface area contributed by atoms with Crippen molar-refractivity contribution >= 4 is 52.7 Å². The minimum atomic E-state index is -5.13. The molecule has 9 atom stereocenters. The molecule has 2 aromatic carbocycles. The average molecular weight is 755 g/mol. The summed E-state index contributed by atoms with van der Waals surface area (Å²) in [6.07, 6.45) is -9.18. The highest BCUT2D eigenvalue weighted by Gasteiger charge is 2.51. The maximum absolute atomic E-state index is 16.1. The summed E-state index contributed by atoms with van der Waals surface area (Å²) in [6.45, 7) is -1.19. The van der Waals surface area contributed by atoms with Gasteiger partial charge in [0.1, 0.15) is 36.8 Å². The Labute approximate surface area is 296 Å². The van der Waals surface area contributed by atoms with Gasteiger partial charge in [-0.2, -0.15) is 4.98 Å². The van der Waals surface area contributed by atoms with Crippen LogP contribution in [-0.4, -0.2) is 109 Å². The van der Waals surface area contributed by atoms with Gasteiger partial charge in [-0.1, -0.05) is 36.4 Å². The number of phosphoric ester groups is 1. The highest BCUT2D eigenvalue weighted by molar-refractivity contribution is 7.47. The lowest BCUT2D eigenvalue weighted by Crippen LogP contribution is -2.35. The van der Waals surface area contributed by atoms with Gasteiger partial charge in [-0.3, -0.25) is 28.0 Å². The Kier molecular flexibility index (Phi) is 9.13. The first-order valence-electron chi connectivity index (χ1n) is 16.2. The second-order valence-electron chi connectivity index (χ2n) is 12.4. The van der Waals surface area contributed by atoms with E-state index in [4.69, 9.17) is 24.3 Å². The summed E-state index contributed by atoms with van der Waals surface area (Å²) in [6, 6.07) is 14.0. The van der Waals surface area contributed by atoms with Crippen LogP contribution in [0.2, 0.25) is 0 Å². The maximum Gasteiger partial charge on any atom is 0.472 e. The summed E-state index contributed by atoms with van der Waals surface area (Å²) in [5.41, 5.74) is 6.28. The van der Waals surface area contributed by atoms with Crippen molar-refractivity contribution in [2.24, 2.45) is 0 Å². The largest absolute Gasteiger partial charge is 0.472 e. The molecule has 2 saturated heterocycles. The van der Waals surface area contributed by atoms with Crippen LogP contribution in [0.1, 0.15) is 18.0 Å². The first kappa shape index (κ1) is 35.1. The number of nitrogens with zero attached hydrogens (tertiary/aromatic N) is 7. The van der Waals surface area contributed by atoms with E-state index in [1.165, 1.54) is 17.2 Å². The molecule has 0 spiro atoms. The number of anilines is 2. The molecule has 0 saturated carbocycles. The van der Waals surface area contributed by atoms with Crippen molar-refractivity contribution in [1.82, 2.24) is 39.0 Å². The lowest BCUT2D eigenvalue weighted by atomic mass is 10.1. The number of halogens is 1. The van der Waals surface area contributed by atoms with E-state index < -0.39 is 75.7 Å². The quantitative estimate of drug-likeness (QED) is 0.0894. The fraction of sp³-hybridized carbons (Fsp3) is 0.355. The summed E-state index contributed by atoms with van der Waals surface area (Å²) in [7, 11) is -5.13. The number of H-pyrrole nitrogens is 1. The number of nitrogens with two attached hydrogens (primary N) is 1. The molecule has 20 nitrogen and oxygen atoms in total. The molecule has 2 aliphatic heterocycles. The van der Waals surface area contributed by atoms with Crippen LogP contribution in [0.5, 0.6) is 0 Å². The molecule has 0 aliphatic carbocycles. The second-order valence-corrected chi connectivity index (χ2v) is 13.8. The van der Waals surface area contributed by atoms with E-state index >= 15 is 4.39 Å². The van der Waals surface area contributed by atoms with Gasteiger partial charge in [0.15, 0.2) is 46.8 Å². The van der Waals surface area contributed by atoms with Crippen LogP contribution in [0.4, 0.5) is 16.2 Å². The van der Waals surface area contributed by atoms with Crippen molar-refractivity contribution in [2.75, 3.05) is 24.3 Å². The SMILES string of the molecule is Nc1nc2c(ncn2C2OC(COP(=O)(O)OC3C(CO)OC(n4cnc5c(NCc6ccc7ccccc7c6)ncnc54)C3F)C(O)C2O)c(=O)[nH]1. The molecule has 278 valence electrons. The highest BCUT2D eigenvalue weighted by Crippen LogP contribution is 2.50. The third-order valence-corrected chi connectivity index (χ3v) is 10.1. The van der Waals surface area contributed by atoms with Gasteiger partial charge < -0.3 is 40.7 Å². The van der Waals surface area contributed by atoms with E-state index in [0.29, 0.717) is 17.9 Å². The van der Waals surface area contributed by atoms with Crippen LogP contribution < -0.4 is 16.6 Å². The van der Waals surface area contributed by atoms with Crippen LogP contribution in [0, 0.1) is 0 Å². The molecule has 8 N–H and O–H groups in total. The number of aliphatic hydroxyl groups excluding tert-OH is 3. The summed E-state index contributed by atoms with van der Waals surface area (Å²) >= 11 is 0. The molecule has 53 heavy (non-hydrogen) atoms. The number of hydrogen-bond acceptors (Lipinski definition) is 16. The second kappa shape index (κ2) is 13.8. The van der Waals surface area contributed by atoms with E-state index in [-0.39, 0.29) is 22.8 Å².